The lowest BCUT2D eigenvalue weighted by molar-refractivity contribution is 0.255. The number of urea groups is 1. The molecule has 6 nitrogen and oxygen atoms in total. The molecule has 0 saturated carbocycles. The molecule has 1 N–H and O–H groups in total. The van der Waals surface area contributed by atoms with E-state index < -0.39 is 11.8 Å². The number of hydrogen-bond donors (Lipinski definition) is 1. The number of aromatic nitrogens is 2. The summed E-state index contributed by atoms with van der Waals surface area (Å²) in [6, 6.07) is 11.7. The lowest BCUT2D eigenvalue weighted by Gasteiger charge is -2.28. The molecule has 0 atom stereocenters. The van der Waals surface area contributed by atoms with E-state index in [0.29, 0.717) is 11.6 Å². The quantitative estimate of drug-likeness (QED) is 0.626. The van der Waals surface area contributed by atoms with Gasteiger partial charge in [-0.1, -0.05) is 43.6 Å². The Balaban J connectivity index is 1.85. The number of nitrogens with zero attached hydrogens (tertiary/aromatic N) is 3. The van der Waals surface area contributed by atoms with Gasteiger partial charge in [-0.05, 0) is 30.2 Å². The van der Waals surface area contributed by atoms with E-state index >= 15 is 0 Å². The molecule has 0 bridgehead atoms. The molecule has 1 aliphatic heterocycles. The van der Waals surface area contributed by atoms with Crippen molar-refractivity contribution in [3.8, 4) is 11.4 Å². The van der Waals surface area contributed by atoms with Gasteiger partial charge >= 0.3 is 6.03 Å². The largest absolute Gasteiger partial charge is 0.494 e. The van der Waals surface area contributed by atoms with Gasteiger partial charge in [0.15, 0.2) is 11.6 Å². The zero-order valence-corrected chi connectivity index (χ0v) is 17.0. The zero-order valence-electron chi connectivity index (χ0n) is 16.2. The van der Waals surface area contributed by atoms with Crippen LogP contribution in [0, 0.1) is 5.82 Å². The van der Waals surface area contributed by atoms with E-state index in [-0.39, 0.29) is 23.2 Å². The number of anilines is 2. The number of amides is 2. The minimum atomic E-state index is -0.629. The van der Waals surface area contributed by atoms with Gasteiger partial charge in [-0.15, -0.1) is 5.10 Å². The van der Waals surface area contributed by atoms with Gasteiger partial charge < -0.3 is 4.74 Å². The van der Waals surface area contributed by atoms with Gasteiger partial charge in [0.25, 0.3) is 0 Å². The average Bonchev–Trinajstić information content (AvgIpc) is 3.07. The molecular weight excluding hydrogens is 395 g/mol. The molecular formula is C21H20ClFN4O2. The monoisotopic (exact) mass is 414 g/mol. The van der Waals surface area contributed by atoms with Crippen LogP contribution in [0.4, 0.5) is 20.7 Å². The molecule has 2 aromatic carbocycles. The predicted octanol–water partition coefficient (Wildman–Crippen LogP) is 5.35. The van der Waals surface area contributed by atoms with E-state index in [0.717, 1.165) is 16.9 Å². The highest BCUT2D eigenvalue weighted by atomic mass is 35.5. The number of carbonyl (C=O) groups is 1. The molecule has 0 aliphatic carbocycles. The number of fused-ring (bicyclic) bond motifs is 1. The predicted molar refractivity (Wildman–Crippen MR) is 111 cm³/mol. The van der Waals surface area contributed by atoms with Crippen LogP contribution in [0.3, 0.4) is 0 Å². The summed E-state index contributed by atoms with van der Waals surface area (Å²) < 4.78 is 21.8. The smallest absolute Gasteiger partial charge is 0.327 e. The molecule has 0 radical (unpaired) electrons. The standard InChI is InChI=1S/C21H20ClFN4O2/c1-12(2)19-13-11-26(16-9-6-7-14(22)18(16)23)21(28)24-20(13)25-27(19)15-8-4-5-10-17(15)29-3/h4-10,12H,11H2,1-3H3,(H,24,25,28). The number of carbonyl (C=O) groups excluding carboxylic acids is 1. The summed E-state index contributed by atoms with van der Waals surface area (Å²) in [4.78, 5) is 14.0. The fourth-order valence-corrected chi connectivity index (χ4v) is 3.76. The maximum atomic E-state index is 14.6. The number of nitrogens with one attached hydrogen (secondary N) is 1. The van der Waals surface area contributed by atoms with Crippen molar-refractivity contribution in [2.45, 2.75) is 26.3 Å². The highest BCUT2D eigenvalue weighted by Gasteiger charge is 2.33. The van der Waals surface area contributed by atoms with Crippen molar-refractivity contribution in [3.63, 3.8) is 0 Å². The van der Waals surface area contributed by atoms with E-state index in [4.69, 9.17) is 16.3 Å². The van der Waals surface area contributed by atoms with Crippen molar-refractivity contribution in [2.24, 2.45) is 0 Å². The zero-order chi connectivity index (χ0) is 20.7. The van der Waals surface area contributed by atoms with Crippen molar-refractivity contribution in [1.82, 2.24) is 9.78 Å². The Morgan fingerprint density at radius 1 is 1.17 bits per heavy atom. The van der Waals surface area contributed by atoms with Crippen LogP contribution in [0.5, 0.6) is 5.75 Å². The maximum absolute atomic E-state index is 14.6. The summed E-state index contributed by atoms with van der Waals surface area (Å²) in [5.41, 5.74) is 2.63. The minimum absolute atomic E-state index is 0.0325. The second kappa shape index (κ2) is 7.40. The summed E-state index contributed by atoms with van der Waals surface area (Å²) in [7, 11) is 1.60. The third-order valence-electron chi connectivity index (χ3n) is 4.89. The van der Waals surface area contributed by atoms with Crippen LogP contribution < -0.4 is 15.0 Å². The molecule has 150 valence electrons. The maximum Gasteiger partial charge on any atom is 0.327 e. The molecule has 4 rings (SSSR count). The Morgan fingerprint density at radius 2 is 1.90 bits per heavy atom. The SMILES string of the molecule is COc1ccccc1-n1nc2c(c1C(C)C)CN(c1cccc(Cl)c1F)C(=O)N2. The van der Waals surface area contributed by atoms with Crippen molar-refractivity contribution < 1.29 is 13.9 Å². The molecule has 0 saturated heterocycles. The van der Waals surface area contributed by atoms with Gasteiger partial charge in [0, 0.05) is 5.56 Å². The number of methoxy groups -OCH3 is 1. The number of halogens is 2. The lowest BCUT2D eigenvalue weighted by Crippen LogP contribution is -2.39. The van der Waals surface area contributed by atoms with Crippen LogP contribution in [0.15, 0.2) is 42.5 Å². The normalized spacial score (nSPS) is 13.4. The fraction of sp³-hybridized carbons (Fsp3) is 0.238. The van der Waals surface area contributed by atoms with E-state index in [1.54, 1.807) is 17.9 Å². The highest BCUT2D eigenvalue weighted by Crippen LogP contribution is 2.37. The summed E-state index contributed by atoms with van der Waals surface area (Å²) >= 11 is 5.92. The molecule has 0 unspecified atom stereocenters. The molecule has 1 aromatic heterocycles. The fourth-order valence-electron chi connectivity index (χ4n) is 3.60. The summed E-state index contributed by atoms with van der Waals surface area (Å²) in [5, 5.41) is 7.38. The minimum Gasteiger partial charge on any atom is -0.494 e. The third-order valence-corrected chi connectivity index (χ3v) is 5.18. The summed E-state index contributed by atoms with van der Waals surface area (Å²) in [6.07, 6.45) is 0. The molecule has 3 aromatic rings. The molecule has 2 amide bonds. The van der Waals surface area contributed by atoms with Crippen molar-refractivity contribution >= 4 is 29.1 Å². The second-order valence-corrected chi connectivity index (χ2v) is 7.45. The first-order valence-corrected chi connectivity index (χ1v) is 9.57. The number of ether oxygens (including phenoxy) is 1. The van der Waals surface area contributed by atoms with Gasteiger partial charge in [0.05, 0.1) is 30.1 Å². The molecule has 0 fully saturated rings. The lowest BCUT2D eigenvalue weighted by atomic mass is 10.0. The van der Waals surface area contributed by atoms with Crippen LogP contribution in [0.25, 0.3) is 5.69 Å². The Hall–Kier alpha value is -3.06. The molecule has 2 heterocycles. The third kappa shape index (κ3) is 3.21. The first-order valence-electron chi connectivity index (χ1n) is 9.20. The van der Waals surface area contributed by atoms with Crippen molar-refractivity contribution in [2.75, 3.05) is 17.3 Å². The van der Waals surface area contributed by atoms with Gasteiger partial charge in [0.1, 0.15) is 11.4 Å². The van der Waals surface area contributed by atoms with Gasteiger partial charge in [-0.2, -0.15) is 0 Å². The van der Waals surface area contributed by atoms with Crippen molar-refractivity contribution in [1.29, 1.82) is 0 Å². The molecule has 1 aliphatic rings. The average molecular weight is 415 g/mol. The van der Waals surface area contributed by atoms with Crippen LogP contribution in [0.1, 0.15) is 31.0 Å². The molecule has 29 heavy (non-hydrogen) atoms. The number of rotatable bonds is 4. The van der Waals surface area contributed by atoms with Crippen LogP contribution >= 0.6 is 11.6 Å². The first-order chi connectivity index (χ1) is 13.9. The van der Waals surface area contributed by atoms with Crippen LogP contribution in [-0.2, 0) is 6.54 Å². The second-order valence-electron chi connectivity index (χ2n) is 7.04. The van der Waals surface area contributed by atoms with E-state index in [2.05, 4.69) is 10.4 Å². The Kier molecular flexibility index (Phi) is 4.92. The van der Waals surface area contributed by atoms with E-state index in [9.17, 15) is 9.18 Å². The number of hydrogen-bond acceptors (Lipinski definition) is 3. The van der Waals surface area contributed by atoms with Crippen LogP contribution in [0.2, 0.25) is 5.02 Å². The summed E-state index contributed by atoms with van der Waals surface area (Å²) in [6.45, 7) is 4.27. The number of para-hydroxylation sites is 2. The Labute approximate surface area is 172 Å². The van der Waals surface area contributed by atoms with Crippen molar-refractivity contribution in [3.05, 3.63) is 64.6 Å². The van der Waals surface area contributed by atoms with Gasteiger partial charge in [-0.3, -0.25) is 10.2 Å². The Morgan fingerprint density at radius 3 is 2.62 bits per heavy atom. The van der Waals surface area contributed by atoms with E-state index in [1.165, 1.54) is 17.0 Å². The molecule has 0 spiro atoms. The molecule has 8 heteroatoms. The van der Waals surface area contributed by atoms with Crippen LogP contribution in [-0.4, -0.2) is 22.9 Å². The Bertz CT molecular complexity index is 1100. The number of benzene rings is 2. The topological polar surface area (TPSA) is 59.4 Å². The highest BCUT2D eigenvalue weighted by molar-refractivity contribution is 6.31. The first kappa shape index (κ1) is 19.3. The van der Waals surface area contributed by atoms with Gasteiger partial charge in [0.2, 0.25) is 0 Å². The summed E-state index contributed by atoms with van der Waals surface area (Å²) in [5.74, 6) is 0.592. The van der Waals surface area contributed by atoms with Gasteiger partial charge in [-0.25, -0.2) is 13.9 Å². The van der Waals surface area contributed by atoms with E-state index in [1.807, 2.05) is 38.1 Å².